The molecule has 0 aliphatic heterocycles. The Morgan fingerprint density at radius 1 is 0.246 bits per heavy atom. The molecule has 0 aliphatic carbocycles. The summed E-state index contributed by atoms with van der Waals surface area (Å²) in [6, 6.07) is 80.5. The normalized spacial score (nSPS) is 11.8. The Kier molecular flexibility index (Phi) is 8.79. The van der Waals surface area contributed by atoms with Crippen LogP contribution in [0, 0.1) is 0 Å². The van der Waals surface area contributed by atoms with Gasteiger partial charge in [-0.2, -0.15) is 0 Å². The van der Waals surface area contributed by atoms with E-state index in [9.17, 15) is 0 Å². The Hall–Kier alpha value is -9.39. The van der Waals surface area contributed by atoms with Crippen molar-refractivity contribution in [3.8, 4) is 73.2 Å². The first-order valence-electron chi connectivity index (χ1n) is 23.1. The lowest BCUT2D eigenvalue weighted by atomic mass is 10.0. The van der Waals surface area contributed by atoms with Crippen LogP contribution in [0.15, 0.2) is 239 Å². The molecule has 0 unspecified atom stereocenters. The van der Waals surface area contributed by atoms with Crippen LogP contribution in [0.2, 0.25) is 0 Å². The zero-order valence-corrected chi connectivity index (χ0v) is 37.0. The van der Waals surface area contributed by atoms with Gasteiger partial charge < -0.3 is 13.4 Å². The Balaban J connectivity index is 0.808. The van der Waals surface area contributed by atoms with Crippen molar-refractivity contribution in [3.63, 3.8) is 0 Å². The van der Waals surface area contributed by atoms with Gasteiger partial charge in [0.15, 0.2) is 17.5 Å². The molecule has 10 aromatic carbocycles. The van der Waals surface area contributed by atoms with E-state index in [4.69, 9.17) is 23.8 Å². The van der Waals surface area contributed by atoms with E-state index in [-0.39, 0.29) is 0 Å². The Labute approximate surface area is 396 Å². The first-order chi connectivity index (χ1) is 34.1. The summed E-state index contributed by atoms with van der Waals surface area (Å²) in [6.07, 6.45) is 0. The summed E-state index contributed by atoms with van der Waals surface area (Å²) in [5, 5.41) is 6.65. The van der Waals surface area contributed by atoms with Gasteiger partial charge in [0.25, 0.3) is 0 Å². The molecule has 14 aromatic rings. The number of aromatic nitrogens is 4. The molecule has 0 fully saturated rings. The van der Waals surface area contributed by atoms with Gasteiger partial charge in [-0.1, -0.05) is 158 Å². The molecule has 322 valence electrons. The molecule has 0 spiro atoms. The highest BCUT2D eigenvalue weighted by Crippen LogP contribution is 2.40. The fourth-order valence-corrected chi connectivity index (χ4v) is 10.0. The van der Waals surface area contributed by atoms with Gasteiger partial charge in [-0.3, -0.25) is 0 Å². The van der Waals surface area contributed by atoms with Crippen LogP contribution in [-0.2, 0) is 0 Å². The van der Waals surface area contributed by atoms with Gasteiger partial charge in [0.1, 0.15) is 22.3 Å². The van der Waals surface area contributed by atoms with Crippen molar-refractivity contribution in [2.45, 2.75) is 0 Å². The standard InChI is InChI=1S/C63H38N4O2/c1-4-12-39(13-5-1)41-20-22-43(23-21-41)62-64-61(42-16-8-3-9-17-42)65-63(66-62)47-24-29-50-53-35-45(26-32-57(53)68-59(50)37-47)46-27-33-58-54(36-46)51-30-28-48(38-60(51)69-58)67-55-19-11-10-18-49(55)52-34-44(25-31-56(52)67)40-14-6-2-7-15-40/h1-38H. The molecule has 4 aromatic heterocycles. The summed E-state index contributed by atoms with van der Waals surface area (Å²) >= 11 is 0. The number of rotatable bonds is 7. The molecule has 0 bridgehead atoms. The Morgan fingerprint density at radius 2 is 0.667 bits per heavy atom. The highest BCUT2D eigenvalue weighted by Gasteiger charge is 2.18. The molecule has 4 heterocycles. The lowest BCUT2D eigenvalue weighted by molar-refractivity contribution is 0.668. The molecule has 0 aliphatic rings. The predicted molar refractivity (Wildman–Crippen MR) is 281 cm³/mol. The van der Waals surface area contributed by atoms with Crippen LogP contribution >= 0.6 is 0 Å². The average Bonchev–Trinajstić information content (AvgIpc) is 4.09. The molecule has 0 saturated heterocycles. The van der Waals surface area contributed by atoms with Crippen LogP contribution < -0.4 is 0 Å². The summed E-state index contributed by atoms with van der Waals surface area (Å²) < 4.78 is 15.5. The first kappa shape index (κ1) is 38.8. The highest BCUT2D eigenvalue weighted by molar-refractivity contribution is 6.12. The van der Waals surface area contributed by atoms with Crippen LogP contribution in [0.1, 0.15) is 0 Å². The summed E-state index contributed by atoms with van der Waals surface area (Å²) in [5.74, 6) is 1.80. The fraction of sp³-hybridized carbons (Fsp3) is 0. The molecule has 69 heavy (non-hydrogen) atoms. The van der Waals surface area contributed by atoms with E-state index in [0.29, 0.717) is 17.5 Å². The minimum absolute atomic E-state index is 0.578. The molecule has 0 amide bonds. The zero-order chi connectivity index (χ0) is 45.4. The monoisotopic (exact) mass is 882 g/mol. The smallest absolute Gasteiger partial charge is 0.164 e. The molecule has 6 nitrogen and oxygen atoms in total. The minimum Gasteiger partial charge on any atom is -0.456 e. The minimum atomic E-state index is 0.578. The van der Waals surface area contributed by atoms with Crippen molar-refractivity contribution in [1.82, 2.24) is 19.5 Å². The van der Waals surface area contributed by atoms with Crippen molar-refractivity contribution in [2.24, 2.45) is 0 Å². The number of benzene rings is 10. The molecule has 0 atom stereocenters. The lowest BCUT2D eigenvalue weighted by Gasteiger charge is -2.09. The number of hydrogen-bond donors (Lipinski definition) is 0. The van der Waals surface area contributed by atoms with Gasteiger partial charge in [-0.05, 0) is 100 Å². The van der Waals surface area contributed by atoms with E-state index in [0.717, 1.165) is 99.5 Å². The van der Waals surface area contributed by atoms with Crippen molar-refractivity contribution >= 4 is 65.7 Å². The second-order valence-corrected chi connectivity index (χ2v) is 17.6. The van der Waals surface area contributed by atoms with Gasteiger partial charge in [-0.15, -0.1) is 0 Å². The third kappa shape index (κ3) is 6.61. The topological polar surface area (TPSA) is 69.9 Å². The summed E-state index contributed by atoms with van der Waals surface area (Å²) in [4.78, 5) is 15.0. The third-order valence-corrected chi connectivity index (χ3v) is 13.5. The van der Waals surface area contributed by atoms with Gasteiger partial charge in [0.05, 0.1) is 11.0 Å². The van der Waals surface area contributed by atoms with Crippen molar-refractivity contribution in [2.75, 3.05) is 0 Å². The molecular weight excluding hydrogens is 845 g/mol. The second kappa shape index (κ2) is 15.6. The molecular formula is C63H38N4O2. The lowest BCUT2D eigenvalue weighted by Crippen LogP contribution is -2.00. The van der Waals surface area contributed by atoms with Crippen molar-refractivity contribution in [3.05, 3.63) is 231 Å². The number of furan rings is 2. The quantitative estimate of drug-likeness (QED) is 0.159. The van der Waals surface area contributed by atoms with Crippen molar-refractivity contribution in [1.29, 1.82) is 0 Å². The molecule has 0 saturated carbocycles. The molecule has 14 rings (SSSR count). The summed E-state index contributed by atoms with van der Waals surface area (Å²) in [7, 11) is 0. The number of fused-ring (bicyclic) bond motifs is 9. The predicted octanol–water partition coefficient (Wildman–Crippen LogP) is 16.8. The molecule has 0 radical (unpaired) electrons. The van der Waals surface area contributed by atoms with E-state index >= 15 is 0 Å². The third-order valence-electron chi connectivity index (χ3n) is 13.5. The van der Waals surface area contributed by atoms with E-state index in [2.05, 4.69) is 193 Å². The maximum atomic E-state index is 6.59. The second-order valence-electron chi connectivity index (χ2n) is 17.6. The maximum absolute atomic E-state index is 6.59. The maximum Gasteiger partial charge on any atom is 0.164 e. The summed E-state index contributed by atoms with van der Waals surface area (Å²) in [5.41, 5.74) is 16.2. The van der Waals surface area contributed by atoms with Crippen LogP contribution in [0.5, 0.6) is 0 Å². The van der Waals surface area contributed by atoms with Gasteiger partial charge >= 0.3 is 0 Å². The first-order valence-corrected chi connectivity index (χ1v) is 23.1. The number of hydrogen-bond acceptors (Lipinski definition) is 5. The Bertz CT molecular complexity index is 4290. The fourth-order valence-electron chi connectivity index (χ4n) is 10.0. The van der Waals surface area contributed by atoms with Gasteiger partial charge in [-0.25, -0.2) is 15.0 Å². The molecule has 0 N–H and O–H groups in total. The van der Waals surface area contributed by atoms with E-state index < -0.39 is 0 Å². The van der Waals surface area contributed by atoms with Crippen LogP contribution in [-0.4, -0.2) is 19.5 Å². The molecule has 6 heteroatoms. The van der Waals surface area contributed by atoms with E-state index in [1.54, 1.807) is 0 Å². The van der Waals surface area contributed by atoms with Gasteiger partial charge in [0.2, 0.25) is 0 Å². The van der Waals surface area contributed by atoms with Crippen LogP contribution in [0.25, 0.3) is 139 Å². The average molecular weight is 883 g/mol. The van der Waals surface area contributed by atoms with Crippen molar-refractivity contribution < 1.29 is 8.83 Å². The van der Waals surface area contributed by atoms with Gasteiger partial charge in [0, 0.05) is 60.8 Å². The Morgan fingerprint density at radius 3 is 1.32 bits per heavy atom. The van der Waals surface area contributed by atoms with Crippen LogP contribution in [0.4, 0.5) is 0 Å². The van der Waals surface area contributed by atoms with E-state index in [1.807, 2.05) is 42.5 Å². The van der Waals surface area contributed by atoms with Crippen LogP contribution in [0.3, 0.4) is 0 Å². The number of para-hydroxylation sites is 1. The number of nitrogens with zero attached hydrogens (tertiary/aromatic N) is 4. The highest BCUT2D eigenvalue weighted by atomic mass is 16.3. The zero-order valence-electron chi connectivity index (χ0n) is 37.0. The van der Waals surface area contributed by atoms with E-state index in [1.165, 1.54) is 21.9 Å². The summed E-state index contributed by atoms with van der Waals surface area (Å²) in [6.45, 7) is 0. The largest absolute Gasteiger partial charge is 0.456 e. The SMILES string of the molecule is c1ccc(-c2ccc(-c3nc(-c4ccccc4)nc(-c4ccc5c(c4)oc4ccc(-c6ccc7oc8cc(-n9c%10ccccc%10c%10cc(-c%11ccccc%11)ccc%109)ccc8c7c6)cc45)n3)cc2)cc1.